The molecule has 1 amide bonds. The van der Waals surface area contributed by atoms with Gasteiger partial charge in [-0.05, 0) is 44.1 Å². The molecule has 1 aromatic rings. The van der Waals surface area contributed by atoms with Crippen molar-refractivity contribution in [3.63, 3.8) is 0 Å². The van der Waals surface area contributed by atoms with Crippen LogP contribution in [0.2, 0.25) is 0 Å². The second-order valence-electron chi connectivity index (χ2n) is 5.23. The number of hydrogen-bond donors (Lipinski definition) is 2. The molecule has 0 atom stereocenters. The van der Waals surface area contributed by atoms with Gasteiger partial charge in [-0.2, -0.15) is 0 Å². The standard InChI is InChI=1S/C15H20FN3O3/c1-22-15(21)12-8-10(16)2-3-13(12)19(9-14(17)20)11-4-6-18-7-5-11/h2-3,8,11,18H,4-7,9H2,1H3,(H2,17,20). The Kier molecular flexibility index (Phi) is 5.32. The van der Waals surface area contributed by atoms with E-state index in [0.29, 0.717) is 5.69 Å². The third kappa shape index (κ3) is 3.73. The predicted octanol–water partition coefficient (Wildman–Crippen LogP) is 0.656. The summed E-state index contributed by atoms with van der Waals surface area (Å²) in [4.78, 5) is 25.1. The van der Waals surface area contributed by atoms with Crippen molar-refractivity contribution in [2.75, 3.05) is 31.6 Å². The third-order valence-electron chi connectivity index (χ3n) is 3.75. The van der Waals surface area contributed by atoms with Gasteiger partial charge < -0.3 is 20.7 Å². The van der Waals surface area contributed by atoms with Crippen LogP contribution in [-0.4, -0.2) is 44.7 Å². The molecule has 1 saturated heterocycles. The quantitative estimate of drug-likeness (QED) is 0.780. The summed E-state index contributed by atoms with van der Waals surface area (Å²) in [7, 11) is 1.24. The number of carbonyl (C=O) groups is 2. The Morgan fingerprint density at radius 3 is 2.68 bits per heavy atom. The number of rotatable bonds is 5. The number of nitrogens with zero attached hydrogens (tertiary/aromatic N) is 1. The zero-order valence-electron chi connectivity index (χ0n) is 12.5. The lowest BCUT2D eigenvalue weighted by Crippen LogP contribution is -2.47. The summed E-state index contributed by atoms with van der Waals surface area (Å²) in [5.41, 5.74) is 5.91. The number of amides is 1. The van der Waals surface area contributed by atoms with Crippen LogP contribution in [0.25, 0.3) is 0 Å². The molecule has 1 fully saturated rings. The summed E-state index contributed by atoms with van der Waals surface area (Å²) in [5, 5.41) is 3.24. The fourth-order valence-electron chi connectivity index (χ4n) is 2.73. The van der Waals surface area contributed by atoms with Crippen molar-refractivity contribution in [1.29, 1.82) is 0 Å². The molecular formula is C15H20FN3O3. The molecule has 0 unspecified atom stereocenters. The zero-order chi connectivity index (χ0) is 16.1. The molecule has 2 rings (SSSR count). The summed E-state index contributed by atoms with van der Waals surface area (Å²) < 4.78 is 18.2. The fraction of sp³-hybridized carbons (Fsp3) is 0.467. The van der Waals surface area contributed by atoms with E-state index < -0.39 is 17.7 Å². The smallest absolute Gasteiger partial charge is 0.340 e. The average molecular weight is 309 g/mol. The molecule has 1 aromatic carbocycles. The van der Waals surface area contributed by atoms with Crippen LogP contribution in [0.1, 0.15) is 23.2 Å². The second kappa shape index (κ2) is 7.22. The highest BCUT2D eigenvalue weighted by Crippen LogP contribution is 2.27. The highest BCUT2D eigenvalue weighted by Gasteiger charge is 2.26. The van der Waals surface area contributed by atoms with E-state index >= 15 is 0 Å². The number of benzene rings is 1. The first-order valence-electron chi connectivity index (χ1n) is 7.16. The first-order chi connectivity index (χ1) is 10.5. The molecule has 1 heterocycles. The number of anilines is 1. The van der Waals surface area contributed by atoms with E-state index in [1.54, 1.807) is 4.90 Å². The Morgan fingerprint density at radius 1 is 1.41 bits per heavy atom. The molecule has 1 aliphatic heterocycles. The van der Waals surface area contributed by atoms with E-state index in [1.165, 1.54) is 19.2 Å². The lowest BCUT2D eigenvalue weighted by Gasteiger charge is -2.36. The topological polar surface area (TPSA) is 84.7 Å². The Bertz CT molecular complexity index is 559. The Morgan fingerprint density at radius 2 is 2.09 bits per heavy atom. The maximum atomic E-state index is 13.5. The lowest BCUT2D eigenvalue weighted by atomic mass is 10.0. The van der Waals surface area contributed by atoms with E-state index in [-0.39, 0.29) is 18.2 Å². The SMILES string of the molecule is COC(=O)c1cc(F)ccc1N(CC(N)=O)C1CCNCC1. The first kappa shape index (κ1) is 16.2. The zero-order valence-corrected chi connectivity index (χ0v) is 12.5. The van der Waals surface area contributed by atoms with Crippen molar-refractivity contribution < 1.29 is 18.7 Å². The molecule has 22 heavy (non-hydrogen) atoms. The number of esters is 1. The molecule has 0 aromatic heterocycles. The predicted molar refractivity (Wildman–Crippen MR) is 80.2 cm³/mol. The minimum absolute atomic E-state index is 0.0275. The minimum atomic E-state index is -0.641. The van der Waals surface area contributed by atoms with Gasteiger partial charge in [-0.25, -0.2) is 9.18 Å². The second-order valence-corrected chi connectivity index (χ2v) is 5.23. The van der Waals surface area contributed by atoms with Gasteiger partial charge in [0.2, 0.25) is 5.91 Å². The molecule has 3 N–H and O–H groups in total. The molecule has 0 spiro atoms. The third-order valence-corrected chi connectivity index (χ3v) is 3.75. The van der Waals surface area contributed by atoms with Crippen molar-refractivity contribution in [1.82, 2.24) is 5.32 Å². The summed E-state index contributed by atoms with van der Waals surface area (Å²) in [6, 6.07) is 3.93. The van der Waals surface area contributed by atoms with E-state index in [0.717, 1.165) is 32.0 Å². The minimum Gasteiger partial charge on any atom is -0.465 e. The van der Waals surface area contributed by atoms with E-state index in [9.17, 15) is 14.0 Å². The van der Waals surface area contributed by atoms with Crippen LogP contribution >= 0.6 is 0 Å². The number of piperidine rings is 1. The van der Waals surface area contributed by atoms with Crippen LogP contribution in [0.5, 0.6) is 0 Å². The van der Waals surface area contributed by atoms with Gasteiger partial charge in [0.05, 0.1) is 24.9 Å². The van der Waals surface area contributed by atoms with Gasteiger partial charge in [0, 0.05) is 6.04 Å². The van der Waals surface area contributed by atoms with Crippen LogP contribution in [0.4, 0.5) is 10.1 Å². The summed E-state index contributed by atoms with van der Waals surface area (Å²) in [6.45, 7) is 1.60. The monoisotopic (exact) mass is 309 g/mol. The highest BCUT2D eigenvalue weighted by atomic mass is 19.1. The van der Waals surface area contributed by atoms with Gasteiger partial charge in [0.25, 0.3) is 0 Å². The summed E-state index contributed by atoms with van der Waals surface area (Å²) in [5.74, 6) is -1.68. The molecule has 0 saturated carbocycles. The molecular weight excluding hydrogens is 289 g/mol. The summed E-state index contributed by atoms with van der Waals surface area (Å²) in [6.07, 6.45) is 1.62. The average Bonchev–Trinajstić information content (AvgIpc) is 2.52. The van der Waals surface area contributed by atoms with Gasteiger partial charge in [-0.1, -0.05) is 0 Å². The van der Waals surface area contributed by atoms with Gasteiger partial charge in [0.15, 0.2) is 0 Å². The Labute approximate surface area is 128 Å². The Balaban J connectivity index is 2.41. The molecule has 0 radical (unpaired) electrons. The largest absolute Gasteiger partial charge is 0.465 e. The van der Waals surface area contributed by atoms with E-state index in [1.807, 2.05) is 0 Å². The number of nitrogens with one attached hydrogen (secondary N) is 1. The molecule has 6 nitrogen and oxygen atoms in total. The number of hydrogen-bond acceptors (Lipinski definition) is 5. The van der Waals surface area contributed by atoms with Crippen LogP contribution in [-0.2, 0) is 9.53 Å². The van der Waals surface area contributed by atoms with Crippen molar-refractivity contribution in [2.45, 2.75) is 18.9 Å². The number of primary amides is 1. The number of nitrogens with two attached hydrogens (primary N) is 1. The van der Waals surface area contributed by atoms with Crippen molar-refractivity contribution in [3.8, 4) is 0 Å². The normalized spacial score (nSPS) is 15.4. The first-order valence-corrected chi connectivity index (χ1v) is 7.16. The maximum absolute atomic E-state index is 13.5. The van der Waals surface area contributed by atoms with Gasteiger partial charge in [-0.15, -0.1) is 0 Å². The van der Waals surface area contributed by atoms with Crippen molar-refractivity contribution in [2.24, 2.45) is 5.73 Å². The number of carbonyl (C=O) groups excluding carboxylic acids is 2. The molecule has 1 aliphatic rings. The van der Waals surface area contributed by atoms with Crippen LogP contribution in [0.3, 0.4) is 0 Å². The molecule has 7 heteroatoms. The Hall–Kier alpha value is -2.15. The van der Waals surface area contributed by atoms with Gasteiger partial charge in [-0.3, -0.25) is 4.79 Å². The van der Waals surface area contributed by atoms with Crippen molar-refractivity contribution >= 4 is 17.6 Å². The fourth-order valence-corrected chi connectivity index (χ4v) is 2.73. The molecule has 120 valence electrons. The van der Waals surface area contributed by atoms with Crippen molar-refractivity contribution in [3.05, 3.63) is 29.6 Å². The van der Waals surface area contributed by atoms with E-state index in [2.05, 4.69) is 5.32 Å². The maximum Gasteiger partial charge on any atom is 0.340 e. The lowest BCUT2D eigenvalue weighted by molar-refractivity contribution is -0.116. The molecule has 0 bridgehead atoms. The highest BCUT2D eigenvalue weighted by molar-refractivity contribution is 5.96. The number of methoxy groups -OCH3 is 1. The van der Waals surface area contributed by atoms with E-state index in [4.69, 9.17) is 10.5 Å². The molecule has 0 aliphatic carbocycles. The van der Waals surface area contributed by atoms with Crippen LogP contribution in [0.15, 0.2) is 18.2 Å². The van der Waals surface area contributed by atoms with Crippen LogP contribution in [0, 0.1) is 5.82 Å². The van der Waals surface area contributed by atoms with Crippen LogP contribution < -0.4 is 16.0 Å². The number of halogens is 1. The van der Waals surface area contributed by atoms with Gasteiger partial charge >= 0.3 is 5.97 Å². The van der Waals surface area contributed by atoms with Gasteiger partial charge in [0.1, 0.15) is 5.82 Å². The summed E-state index contributed by atoms with van der Waals surface area (Å²) >= 11 is 0. The number of ether oxygens (including phenoxy) is 1.